The Morgan fingerprint density at radius 3 is 2.85 bits per heavy atom. The minimum absolute atomic E-state index is 0.102. The average Bonchev–Trinajstić information content (AvgIpc) is 3.09. The molecule has 0 spiro atoms. The van der Waals surface area contributed by atoms with Gasteiger partial charge in [0.2, 0.25) is 5.91 Å². The van der Waals surface area contributed by atoms with Gasteiger partial charge in [-0.3, -0.25) is 9.59 Å². The number of hydrogen-bond donors (Lipinski definition) is 0. The lowest BCUT2D eigenvalue weighted by atomic mass is 10.0. The SMILES string of the molecule is Cc1cccc(Cn2cc3c(=O)n(CC(=O)N4CCC[C@@H](C)C4)nc-3c3cc(F)ccc32)c1. The Bertz CT molecular complexity index is 1370. The van der Waals surface area contributed by atoms with E-state index in [1.54, 1.807) is 12.3 Å². The summed E-state index contributed by atoms with van der Waals surface area (Å²) >= 11 is 0. The van der Waals surface area contributed by atoms with Crippen molar-refractivity contribution in [1.82, 2.24) is 19.2 Å². The number of nitrogens with zero attached hydrogens (tertiary/aromatic N) is 4. The van der Waals surface area contributed by atoms with E-state index in [9.17, 15) is 14.0 Å². The number of benzene rings is 2. The molecule has 170 valence electrons. The summed E-state index contributed by atoms with van der Waals surface area (Å²) in [5, 5.41) is 5.04. The van der Waals surface area contributed by atoms with Gasteiger partial charge < -0.3 is 9.47 Å². The minimum atomic E-state index is -0.391. The fraction of sp³-hybridized carbons (Fsp3) is 0.346. The summed E-state index contributed by atoms with van der Waals surface area (Å²) in [4.78, 5) is 27.9. The van der Waals surface area contributed by atoms with Crippen LogP contribution in [-0.4, -0.2) is 38.2 Å². The highest BCUT2D eigenvalue weighted by Gasteiger charge is 2.25. The number of carbonyl (C=O) groups is 1. The summed E-state index contributed by atoms with van der Waals surface area (Å²) in [6.45, 7) is 6.02. The summed E-state index contributed by atoms with van der Waals surface area (Å²) in [5.74, 6) is -0.0364. The topological polar surface area (TPSA) is 60.1 Å². The maximum Gasteiger partial charge on any atom is 0.278 e. The van der Waals surface area contributed by atoms with E-state index < -0.39 is 5.82 Å². The van der Waals surface area contributed by atoms with Gasteiger partial charge in [0, 0.05) is 31.2 Å². The van der Waals surface area contributed by atoms with Crippen LogP contribution in [-0.2, 0) is 17.9 Å². The van der Waals surface area contributed by atoms with Gasteiger partial charge in [-0.15, -0.1) is 0 Å². The molecule has 1 atom stereocenters. The van der Waals surface area contributed by atoms with Crippen LogP contribution in [0.2, 0.25) is 0 Å². The zero-order chi connectivity index (χ0) is 23.1. The molecule has 5 rings (SSSR count). The fourth-order valence-electron chi connectivity index (χ4n) is 4.84. The first kappa shape index (κ1) is 21.4. The number of aryl methyl sites for hydroxylation is 1. The molecule has 7 heteroatoms. The molecule has 6 nitrogen and oxygen atoms in total. The van der Waals surface area contributed by atoms with Crippen LogP contribution in [0.3, 0.4) is 0 Å². The summed E-state index contributed by atoms with van der Waals surface area (Å²) in [5.41, 5.74) is 3.50. The number of piperidine rings is 1. The molecule has 0 unspecified atom stereocenters. The van der Waals surface area contributed by atoms with Crippen molar-refractivity contribution in [3.8, 4) is 11.3 Å². The van der Waals surface area contributed by atoms with Crippen molar-refractivity contribution in [2.24, 2.45) is 5.92 Å². The molecule has 0 aliphatic carbocycles. The Labute approximate surface area is 191 Å². The maximum atomic E-state index is 14.2. The lowest BCUT2D eigenvalue weighted by Gasteiger charge is -2.30. The summed E-state index contributed by atoms with van der Waals surface area (Å²) in [6, 6.07) is 12.7. The molecule has 0 bridgehead atoms. The van der Waals surface area contributed by atoms with Gasteiger partial charge in [0.1, 0.15) is 18.1 Å². The normalized spacial score (nSPS) is 16.6. The standard InChI is InChI=1S/C26H27FN4O2/c1-17-5-3-7-19(11-17)14-30-15-22-25(21-12-20(27)8-9-23(21)30)28-31(26(22)33)16-24(32)29-10-4-6-18(2)13-29/h3,5,7-9,11-12,15,18H,4,6,10,13-14,16H2,1-2H3/t18-/m1/s1. The number of hydrogen-bond acceptors (Lipinski definition) is 3. The minimum Gasteiger partial charge on any atom is -0.342 e. The van der Waals surface area contributed by atoms with E-state index in [1.165, 1.54) is 16.8 Å². The van der Waals surface area contributed by atoms with E-state index in [-0.39, 0.29) is 18.0 Å². The number of rotatable bonds is 4. The molecule has 1 fully saturated rings. The van der Waals surface area contributed by atoms with Gasteiger partial charge in [-0.25, -0.2) is 9.07 Å². The summed E-state index contributed by atoms with van der Waals surface area (Å²) in [7, 11) is 0. The van der Waals surface area contributed by atoms with Crippen molar-refractivity contribution in [1.29, 1.82) is 0 Å². The monoisotopic (exact) mass is 446 g/mol. The van der Waals surface area contributed by atoms with Crippen LogP contribution in [0.4, 0.5) is 4.39 Å². The van der Waals surface area contributed by atoms with Gasteiger partial charge in [-0.05, 0) is 49.4 Å². The first-order valence-corrected chi connectivity index (χ1v) is 11.4. The van der Waals surface area contributed by atoms with Crippen molar-refractivity contribution >= 4 is 16.8 Å². The predicted molar refractivity (Wildman–Crippen MR) is 126 cm³/mol. The maximum absolute atomic E-state index is 14.2. The summed E-state index contributed by atoms with van der Waals surface area (Å²) in [6.07, 6.45) is 3.86. The third kappa shape index (κ3) is 4.15. The zero-order valence-corrected chi connectivity index (χ0v) is 18.9. The van der Waals surface area contributed by atoms with Crippen LogP contribution >= 0.6 is 0 Å². The second-order valence-corrected chi connectivity index (χ2v) is 9.22. The number of amides is 1. The van der Waals surface area contributed by atoms with Gasteiger partial charge in [0.25, 0.3) is 5.56 Å². The highest BCUT2D eigenvalue weighted by molar-refractivity contribution is 5.93. The van der Waals surface area contributed by atoms with Gasteiger partial charge in [-0.2, -0.15) is 5.10 Å². The quantitative estimate of drug-likeness (QED) is 0.475. The Kier molecular flexibility index (Phi) is 5.48. The number of fused-ring (bicyclic) bond motifs is 3. The van der Waals surface area contributed by atoms with Crippen LogP contribution in [0.25, 0.3) is 22.2 Å². The molecule has 3 aliphatic heterocycles. The molecule has 33 heavy (non-hydrogen) atoms. The van der Waals surface area contributed by atoms with Crippen LogP contribution in [0.5, 0.6) is 0 Å². The van der Waals surface area contributed by atoms with E-state index in [1.807, 2.05) is 34.6 Å². The van der Waals surface area contributed by atoms with Crippen molar-refractivity contribution in [2.45, 2.75) is 39.8 Å². The smallest absolute Gasteiger partial charge is 0.278 e. The third-order valence-corrected chi connectivity index (χ3v) is 6.48. The first-order valence-electron chi connectivity index (χ1n) is 11.4. The predicted octanol–water partition coefficient (Wildman–Crippen LogP) is 4.06. The molecular formula is C26H27FN4O2. The first-order chi connectivity index (χ1) is 15.9. The van der Waals surface area contributed by atoms with Gasteiger partial charge >= 0.3 is 0 Å². The van der Waals surface area contributed by atoms with Gasteiger partial charge in [0.15, 0.2) is 0 Å². The number of likely N-dealkylation sites (tertiary alicyclic amines) is 1. The lowest BCUT2D eigenvalue weighted by molar-refractivity contribution is -0.133. The van der Waals surface area contributed by atoms with E-state index in [0.717, 1.165) is 29.5 Å². The van der Waals surface area contributed by atoms with E-state index in [0.29, 0.717) is 42.2 Å². The second-order valence-electron chi connectivity index (χ2n) is 9.22. The Morgan fingerprint density at radius 1 is 1.21 bits per heavy atom. The number of aromatic nitrogens is 3. The zero-order valence-electron chi connectivity index (χ0n) is 18.9. The number of halogens is 1. The van der Waals surface area contributed by atoms with E-state index in [4.69, 9.17) is 0 Å². The highest BCUT2D eigenvalue weighted by Crippen LogP contribution is 2.29. The molecule has 2 aromatic rings. The number of pyridine rings is 1. The molecule has 0 saturated carbocycles. The molecule has 0 N–H and O–H groups in total. The third-order valence-electron chi connectivity index (χ3n) is 6.48. The Morgan fingerprint density at radius 2 is 2.06 bits per heavy atom. The molecule has 0 aromatic heterocycles. The number of carbonyl (C=O) groups excluding carboxylic acids is 1. The second kappa shape index (κ2) is 8.46. The van der Waals surface area contributed by atoms with Crippen LogP contribution < -0.4 is 5.56 Å². The molecular weight excluding hydrogens is 419 g/mol. The van der Waals surface area contributed by atoms with Crippen LogP contribution in [0.1, 0.15) is 30.9 Å². The van der Waals surface area contributed by atoms with Gasteiger partial charge in [0.05, 0.1) is 11.1 Å². The van der Waals surface area contributed by atoms with Crippen molar-refractivity contribution in [3.05, 3.63) is 76.0 Å². The van der Waals surface area contributed by atoms with Crippen LogP contribution in [0, 0.1) is 18.7 Å². The molecule has 1 saturated heterocycles. The van der Waals surface area contributed by atoms with E-state index >= 15 is 0 Å². The highest BCUT2D eigenvalue weighted by atomic mass is 19.1. The van der Waals surface area contributed by atoms with Crippen molar-refractivity contribution in [3.63, 3.8) is 0 Å². The molecule has 0 radical (unpaired) electrons. The van der Waals surface area contributed by atoms with Crippen molar-refractivity contribution < 1.29 is 9.18 Å². The molecule has 2 aromatic carbocycles. The average molecular weight is 447 g/mol. The molecule has 3 heterocycles. The fourth-order valence-corrected chi connectivity index (χ4v) is 4.84. The van der Waals surface area contributed by atoms with Gasteiger partial charge in [-0.1, -0.05) is 36.8 Å². The van der Waals surface area contributed by atoms with E-state index in [2.05, 4.69) is 18.1 Å². The Balaban J connectivity index is 1.57. The molecule has 1 amide bonds. The summed E-state index contributed by atoms with van der Waals surface area (Å²) < 4.78 is 17.4. The Hall–Kier alpha value is -3.48. The van der Waals surface area contributed by atoms with Crippen LogP contribution in [0.15, 0.2) is 53.5 Å². The largest absolute Gasteiger partial charge is 0.342 e. The lowest BCUT2D eigenvalue weighted by Crippen LogP contribution is -2.42. The molecule has 3 aliphatic rings. The van der Waals surface area contributed by atoms with Crippen molar-refractivity contribution in [2.75, 3.05) is 13.1 Å².